The second-order valence-corrected chi connectivity index (χ2v) is 10.7. The van der Waals surface area contributed by atoms with E-state index in [0.29, 0.717) is 17.7 Å². The first kappa shape index (κ1) is 31.6. The van der Waals surface area contributed by atoms with Crippen LogP contribution < -0.4 is 21.7 Å². The van der Waals surface area contributed by atoms with Crippen molar-refractivity contribution in [2.45, 2.75) is 63.7 Å². The summed E-state index contributed by atoms with van der Waals surface area (Å²) in [7, 11) is 0. The molecule has 0 saturated heterocycles. The molecule has 1 aromatic carbocycles. The van der Waals surface area contributed by atoms with Gasteiger partial charge in [-0.2, -0.15) is 11.8 Å². The molecule has 0 spiro atoms. The average molecular weight is 564 g/mol. The maximum absolute atomic E-state index is 13.1. The summed E-state index contributed by atoms with van der Waals surface area (Å²) < 4.78 is 0. The van der Waals surface area contributed by atoms with Gasteiger partial charge in [-0.1, -0.05) is 32.0 Å². The number of aromatic amines is 1. The second kappa shape index (κ2) is 15.1. The number of carbonyl (C=O) groups is 5. The molecule has 2 rings (SSSR count). The van der Waals surface area contributed by atoms with Gasteiger partial charge in [0, 0.05) is 23.5 Å². The number of fused-ring (bicyclic) bond motifs is 1. The van der Waals surface area contributed by atoms with Gasteiger partial charge < -0.3 is 36.9 Å². The van der Waals surface area contributed by atoms with Crippen LogP contribution in [0.2, 0.25) is 0 Å². The van der Waals surface area contributed by atoms with Crippen LogP contribution in [0.25, 0.3) is 10.9 Å². The van der Waals surface area contributed by atoms with E-state index in [9.17, 15) is 34.2 Å². The molecule has 0 fully saturated rings. The van der Waals surface area contributed by atoms with Crippen LogP contribution in [0.1, 0.15) is 38.7 Å². The zero-order chi connectivity index (χ0) is 29.1. The van der Waals surface area contributed by atoms with Crippen molar-refractivity contribution in [3.63, 3.8) is 0 Å². The maximum atomic E-state index is 13.1. The van der Waals surface area contributed by atoms with Gasteiger partial charge in [0.05, 0.1) is 12.5 Å². The van der Waals surface area contributed by atoms with Gasteiger partial charge in [-0.05, 0) is 42.4 Å². The molecular weight excluding hydrogens is 526 g/mol. The molecule has 214 valence electrons. The summed E-state index contributed by atoms with van der Waals surface area (Å²) in [6.07, 6.45) is 3.28. The number of hydrogen-bond donors (Lipinski definition) is 7. The van der Waals surface area contributed by atoms with Crippen molar-refractivity contribution in [3.8, 4) is 0 Å². The number of benzene rings is 1. The number of amides is 3. The fraction of sp³-hybridized carbons (Fsp3) is 0.500. The Labute approximate surface area is 230 Å². The van der Waals surface area contributed by atoms with Crippen LogP contribution in [0, 0.1) is 5.92 Å². The summed E-state index contributed by atoms with van der Waals surface area (Å²) in [5, 5.41) is 27.2. The van der Waals surface area contributed by atoms with E-state index in [-0.39, 0.29) is 18.8 Å². The molecule has 4 unspecified atom stereocenters. The van der Waals surface area contributed by atoms with Crippen LogP contribution in [0.5, 0.6) is 0 Å². The predicted octanol–water partition coefficient (Wildman–Crippen LogP) is 0.851. The Morgan fingerprint density at radius 3 is 2.18 bits per heavy atom. The molecule has 0 saturated carbocycles. The van der Waals surface area contributed by atoms with Gasteiger partial charge in [-0.25, -0.2) is 4.79 Å². The first-order valence-electron chi connectivity index (χ1n) is 12.6. The number of H-pyrrole nitrogens is 1. The molecule has 4 atom stereocenters. The largest absolute Gasteiger partial charge is 0.481 e. The number of carbonyl (C=O) groups excluding carboxylic acids is 3. The molecule has 13 heteroatoms. The van der Waals surface area contributed by atoms with Crippen molar-refractivity contribution in [1.82, 2.24) is 20.9 Å². The fourth-order valence-corrected chi connectivity index (χ4v) is 4.50. The number of nitrogens with two attached hydrogens (primary N) is 1. The first-order valence-corrected chi connectivity index (χ1v) is 14.0. The average Bonchev–Trinajstić information content (AvgIpc) is 3.28. The number of para-hydroxylation sites is 1. The number of aromatic nitrogens is 1. The van der Waals surface area contributed by atoms with Crippen molar-refractivity contribution < 1.29 is 34.2 Å². The minimum absolute atomic E-state index is 0.0252. The molecule has 1 heterocycles. The normalized spacial score (nSPS) is 14.3. The van der Waals surface area contributed by atoms with Crippen LogP contribution in [-0.2, 0) is 30.4 Å². The Bertz CT molecular complexity index is 1170. The molecule has 3 amide bonds. The molecule has 39 heavy (non-hydrogen) atoms. The third-order valence-corrected chi connectivity index (χ3v) is 6.68. The van der Waals surface area contributed by atoms with Crippen molar-refractivity contribution >= 4 is 52.3 Å². The quantitative estimate of drug-likeness (QED) is 0.154. The minimum atomic E-state index is -1.57. The molecule has 0 aliphatic carbocycles. The summed E-state index contributed by atoms with van der Waals surface area (Å²) in [6.45, 7) is 3.67. The van der Waals surface area contributed by atoms with Crippen molar-refractivity contribution in [3.05, 3.63) is 36.0 Å². The highest BCUT2D eigenvalue weighted by atomic mass is 32.2. The van der Waals surface area contributed by atoms with Crippen LogP contribution in [0.3, 0.4) is 0 Å². The summed E-state index contributed by atoms with van der Waals surface area (Å²) >= 11 is 1.53. The van der Waals surface area contributed by atoms with Crippen LogP contribution in [0.4, 0.5) is 0 Å². The predicted molar refractivity (Wildman–Crippen MR) is 148 cm³/mol. The zero-order valence-electron chi connectivity index (χ0n) is 22.2. The van der Waals surface area contributed by atoms with E-state index in [2.05, 4.69) is 20.9 Å². The lowest BCUT2D eigenvalue weighted by Crippen LogP contribution is -2.58. The highest BCUT2D eigenvalue weighted by molar-refractivity contribution is 7.98. The topological polar surface area (TPSA) is 204 Å². The summed E-state index contributed by atoms with van der Waals surface area (Å²) in [5.41, 5.74) is 7.36. The van der Waals surface area contributed by atoms with E-state index in [0.717, 1.165) is 10.9 Å². The molecule has 0 aliphatic rings. The maximum Gasteiger partial charge on any atom is 0.326 e. The first-order chi connectivity index (χ1) is 18.4. The van der Waals surface area contributed by atoms with Crippen molar-refractivity contribution in [2.24, 2.45) is 11.7 Å². The van der Waals surface area contributed by atoms with Gasteiger partial charge in [0.25, 0.3) is 0 Å². The highest BCUT2D eigenvalue weighted by Gasteiger charge is 2.32. The molecule has 12 nitrogen and oxygen atoms in total. The van der Waals surface area contributed by atoms with Crippen LogP contribution in [0.15, 0.2) is 30.5 Å². The number of carboxylic acids is 2. The fourth-order valence-electron chi connectivity index (χ4n) is 4.01. The number of aliphatic carboxylic acids is 2. The number of nitrogens with one attached hydrogen (secondary N) is 4. The Hall–Kier alpha value is -3.58. The lowest BCUT2D eigenvalue weighted by Gasteiger charge is -2.25. The highest BCUT2D eigenvalue weighted by Crippen LogP contribution is 2.19. The third-order valence-electron chi connectivity index (χ3n) is 6.04. The standard InChI is InChI=1S/C26H37N5O7S/c1-14(2)10-19(29-23(34)17(27)8-9-39-3)24(35)30-20(12-22(32)33)25(36)31-21(26(37)38)11-15-13-28-18-7-5-4-6-16(15)18/h4-7,13-14,17,19-21,28H,8-12,27H2,1-3H3,(H,29,34)(H,30,35)(H,31,36)(H,32,33)(H,37,38). The molecule has 0 aliphatic heterocycles. The van der Waals surface area contributed by atoms with Crippen molar-refractivity contribution in [1.29, 1.82) is 0 Å². The number of hydrogen-bond acceptors (Lipinski definition) is 7. The van der Waals surface area contributed by atoms with E-state index in [1.54, 1.807) is 12.3 Å². The van der Waals surface area contributed by atoms with E-state index < -0.39 is 60.2 Å². The van der Waals surface area contributed by atoms with Crippen LogP contribution in [-0.4, -0.2) is 81.0 Å². The molecule has 0 bridgehead atoms. The van der Waals surface area contributed by atoms with E-state index >= 15 is 0 Å². The molecule has 1 aromatic heterocycles. The number of carboxylic acid groups (broad SMARTS) is 2. The third kappa shape index (κ3) is 9.91. The summed E-state index contributed by atoms with van der Waals surface area (Å²) in [5.74, 6) is -4.33. The summed E-state index contributed by atoms with van der Waals surface area (Å²) in [4.78, 5) is 65.2. The van der Waals surface area contributed by atoms with Gasteiger partial charge in [0.1, 0.15) is 18.1 Å². The minimum Gasteiger partial charge on any atom is -0.481 e. The SMILES string of the molecule is CSCCC(N)C(=O)NC(CC(C)C)C(=O)NC(CC(=O)O)C(=O)NC(Cc1c[nH]c2ccccc12)C(=O)O. The van der Waals surface area contributed by atoms with Crippen molar-refractivity contribution in [2.75, 3.05) is 12.0 Å². The Balaban J connectivity index is 2.17. The monoisotopic (exact) mass is 563 g/mol. The molecule has 2 aromatic rings. The summed E-state index contributed by atoms with van der Waals surface area (Å²) in [6, 6.07) is 2.41. The van der Waals surface area contributed by atoms with Gasteiger partial charge in [-0.15, -0.1) is 0 Å². The molecule has 0 radical (unpaired) electrons. The smallest absolute Gasteiger partial charge is 0.326 e. The van der Waals surface area contributed by atoms with Crippen LogP contribution >= 0.6 is 11.8 Å². The Kier molecular flexibility index (Phi) is 12.3. The van der Waals surface area contributed by atoms with Gasteiger partial charge in [0.15, 0.2) is 0 Å². The number of rotatable bonds is 16. The lowest BCUT2D eigenvalue weighted by molar-refractivity contribution is -0.143. The molecule has 8 N–H and O–H groups in total. The zero-order valence-corrected chi connectivity index (χ0v) is 23.0. The molecular formula is C26H37N5O7S. The van der Waals surface area contributed by atoms with E-state index in [1.165, 1.54) is 11.8 Å². The lowest BCUT2D eigenvalue weighted by atomic mass is 10.0. The Morgan fingerprint density at radius 1 is 0.949 bits per heavy atom. The second-order valence-electron chi connectivity index (χ2n) is 9.70. The van der Waals surface area contributed by atoms with Gasteiger partial charge in [0.2, 0.25) is 17.7 Å². The van der Waals surface area contributed by atoms with Gasteiger partial charge >= 0.3 is 11.9 Å². The van der Waals surface area contributed by atoms with Gasteiger partial charge in [-0.3, -0.25) is 19.2 Å². The Morgan fingerprint density at radius 2 is 1.56 bits per heavy atom. The van der Waals surface area contributed by atoms with E-state index in [1.807, 2.05) is 38.3 Å². The number of thioether (sulfide) groups is 1. The van der Waals surface area contributed by atoms with E-state index in [4.69, 9.17) is 5.73 Å².